The first-order chi connectivity index (χ1) is 12.3. The van der Waals surface area contributed by atoms with E-state index in [1.165, 1.54) is 5.56 Å². The maximum Gasteiger partial charge on any atom is 0.415 e. The number of carbonyl (C=O) groups excluding carboxylic acids is 1. The zero-order valence-corrected chi connectivity index (χ0v) is 16.4. The Bertz CT molecular complexity index is 805. The number of amides is 1. The number of ether oxygens (including phenoxy) is 1. The van der Waals surface area contributed by atoms with Gasteiger partial charge in [0.25, 0.3) is 0 Å². The minimum Gasteiger partial charge on any atom is -0.593 e. The summed E-state index contributed by atoms with van der Waals surface area (Å²) < 4.78 is 21.1. The van der Waals surface area contributed by atoms with E-state index in [0.29, 0.717) is 12.3 Å². The number of fused-ring (bicyclic) bond motifs is 1. The third-order valence-electron chi connectivity index (χ3n) is 4.47. The molecule has 0 spiro atoms. The highest BCUT2D eigenvalue weighted by molar-refractivity contribution is 7.91. The molecule has 138 valence electrons. The number of hydrogen-bond donors (Lipinski definition) is 1. The summed E-state index contributed by atoms with van der Waals surface area (Å²) in [5, 5.41) is 0. The summed E-state index contributed by atoms with van der Waals surface area (Å²) in [5.41, 5.74) is 3.95. The van der Waals surface area contributed by atoms with Gasteiger partial charge in [0, 0.05) is 17.7 Å². The Morgan fingerprint density at radius 3 is 2.54 bits per heavy atom. The molecular weight excluding hydrogens is 348 g/mol. The molecule has 0 aliphatic carbocycles. The van der Waals surface area contributed by atoms with Crippen LogP contribution < -0.4 is 9.62 Å². The van der Waals surface area contributed by atoms with Crippen LogP contribution in [0.3, 0.4) is 0 Å². The molecule has 6 heteroatoms. The van der Waals surface area contributed by atoms with E-state index >= 15 is 0 Å². The first-order valence-electron chi connectivity index (χ1n) is 8.66. The number of cyclic esters (lactones) is 1. The third-order valence-corrected chi connectivity index (χ3v) is 5.52. The van der Waals surface area contributed by atoms with E-state index in [0.717, 1.165) is 22.5 Å². The van der Waals surface area contributed by atoms with Gasteiger partial charge in [0.2, 0.25) is 0 Å². The van der Waals surface area contributed by atoms with Crippen molar-refractivity contribution in [3.8, 4) is 0 Å². The average molecular weight is 372 g/mol. The summed E-state index contributed by atoms with van der Waals surface area (Å²) in [6, 6.07) is 13.7. The monoisotopic (exact) mass is 372 g/mol. The fraction of sp³-hybridized carbons (Fsp3) is 0.350. The number of nitrogens with zero attached hydrogens (tertiary/aromatic N) is 1. The highest BCUT2D eigenvalue weighted by atomic mass is 32.2. The standard InChI is InChI=1S/C20H24N2O3S/c1-5-22-18-11-10-16(12-17(18)20(3,4)25-19(22)23)21-26(24)13-15-8-6-14(2)7-9-15/h6-12,21H,5,13H2,1-4H3. The topological polar surface area (TPSA) is 64.6 Å². The van der Waals surface area contributed by atoms with Crippen molar-refractivity contribution in [2.45, 2.75) is 39.0 Å². The first-order valence-corrected chi connectivity index (χ1v) is 9.97. The van der Waals surface area contributed by atoms with Gasteiger partial charge in [-0.15, -0.1) is 0 Å². The summed E-state index contributed by atoms with van der Waals surface area (Å²) in [7, 11) is 0. The Balaban J connectivity index is 1.79. The van der Waals surface area contributed by atoms with Crippen LogP contribution in [0.15, 0.2) is 42.5 Å². The number of rotatable bonds is 5. The molecule has 26 heavy (non-hydrogen) atoms. The van der Waals surface area contributed by atoms with E-state index in [9.17, 15) is 9.35 Å². The molecule has 5 nitrogen and oxygen atoms in total. The van der Waals surface area contributed by atoms with Crippen molar-refractivity contribution in [1.29, 1.82) is 0 Å². The van der Waals surface area contributed by atoms with E-state index < -0.39 is 17.0 Å². The molecule has 1 unspecified atom stereocenters. The largest absolute Gasteiger partial charge is 0.593 e. The van der Waals surface area contributed by atoms with Crippen LogP contribution in [0.2, 0.25) is 0 Å². The average Bonchev–Trinajstić information content (AvgIpc) is 2.57. The van der Waals surface area contributed by atoms with Crippen molar-refractivity contribution in [2.75, 3.05) is 16.2 Å². The lowest BCUT2D eigenvalue weighted by atomic mass is 9.93. The second-order valence-electron chi connectivity index (χ2n) is 6.93. The summed E-state index contributed by atoms with van der Waals surface area (Å²) in [6.07, 6.45) is -0.339. The van der Waals surface area contributed by atoms with Crippen molar-refractivity contribution in [1.82, 2.24) is 0 Å². The Morgan fingerprint density at radius 2 is 1.88 bits per heavy atom. The third kappa shape index (κ3) is 3.81. The second kappa shape index (κ2) is 7.21. The lowest BCUT2D eigenvalue weighted by molar-refractivity contribution is 0.0353. The van der Waals surface area contributed by atoms with Crippen LogP contribution in [-0.4, -0.2) is 17.2 Å². The van der Waals surface area contributed by atoms with Crippen molar-refractivity contribution in [2.24, 2.45) is 0 Å². The lowest BCUT2D eigenvalue weighted by Crippen LogP contribution is -2.43. The Kier molecular flexibility index (Phi) is 5.16. The van der Waals surface area contributed by atoms with E-state index in [-0.39, 0.29) is 6.09 Å². The normalized spacial score (nSPS) is 16.7. The Hall–Kier alpha value is -2.18. The molecule has 1 aliphatic heterocycles. The van der Waals surface area contributed by atoms with Crippen LogP contribution in [0.5, 0.6) is 0 Å². The summed E-state index contributed by atoms with van der Waals surface area (Å²) >= 11 is -1.24. The summed E-state index contributed by atoms with van der Waals surface area (Å²) in [6.45, 7) is 8.20. The predicted octanol–water partition coefficient (Wildman–Crippen LogP) is 4.48. The van der Waals surface area contributed by atoms with Crippen LogP contribution in [0.25, 0.3) is 0 Å². The molecule has 3 rings (SSSR count). The van der Waals surface area contributed by atoms with Crippen molar-refractivity contribution >= 4 is 28.8 Å². The maximum absolute atomic E-state index is 12.5. The smallest absolute Gasteiger partial charge is 0.415 e. The molecule has 1 amide bonds. The number of nitrogens with one attached hydrogen (secondary N) is 1. The van der Waals surface area contributed by atoms with E-state index in [4.69, 9.17) is 4.74 Å². The zero-order valence-electron chi connectivity index (χ0n) is 15.5. The SMILES string of the molecule is CCN1C(=O)OC(C)(C)c2cc(N[S+]([O-])Cc3ccc(C)cc3)ccc21. The molecule has 2 aromatic carbocycles. The van der Waals surface area contributed by atoms with Crippen LogP contribution in [0, 0.1) is 6.92 Å². The van der Waals surface area contributed by atoms with Gasteiger partial charge in [-0.2, -0.15) is 0 Å². The molecular formula is C20H24N2O3S. The molecule has 1 aliphatic rings. The van der Waals surface area contributed by atoms with Gasteiger partial charge in [-0.25, -0.2) is 9.52 Å². The van der Waals surface area contributed by atoms with Gasteiger partial charge in [-0.3, -0.25) is 4.90 Å². The van der Waals surface area contributed by atoms with Crippen molar-refractivity contribution in [3.05, 3.63) is 59.2 Å². The fourth-order valence-electron chi connectivity index (χ4n) is 3.05. The van der Waals surface area contributed by atoms with Gasteiger partial charge < -0.3 is 9.29 Å². The molecule has 0 saturated heterocycles. The molecule has 0 saturated carbocycles. The van der Waals surface area contributed by atoms with E-state index in [1.54, 1.807) is 4.90 Å². The molecule has 1 atom stereocenters. The van der Waals surface area contributed by atoms with E-state index in [1.807, 2.05) is 70.2 Å². The minimum atomic E-state index is -1.24. The molecule has 0 bridgehead atoms. The second-order valence-corrected chi connectivity index (χ2v) is 8.12. The van der Waals surface area contributed by atoms with Crippen LogP contribution in [0.1, 0.15) is 37.5 Å². The van der Waals surface area contributed by atoms with E-state index in [2.05, 4.69) is 4.72 Å². The Labute approximate surface area is 157 Å². The summed E-state index contributed by atoms with van der Waals surface area (Å²) in [5.74, 6) is 0.427. The minimum absolute atomic E-state index is 0.339. The van der Waals surface area contributed by atoms with Crippen molar-refractivity contribution < 1.29 is 14.1 Å². The number of anilines is 2. The van der Waals surface area contributed by atoms with Gasteiger partial charge in [0.15, 0.2) is 5.75 Å². The van der Waals surface area contributed by atoms with Crippen LogP contribution >= 0.6 is 0 Å². The predicted molar refractivity (Wildman–Crippen MR) is 106 cm³/mol. The Morgan fingerprint density at radius 1 is 1.19 bits per heavy atom. The number of benzene rings is 2. The van der Waals surface area contributed by atoms with Gasteiger partial charge in [-0.1, -0.05) is 29.8 Å². The van der Waals surface area contributed by atoms with Gasteiger partial charge in [-0.05, 0) is 45.9 Å². The zero-order chi connectivity index (χ0) is 18.9. The summed E-state index contributed by atoms with van der Waals surface area (Å²) in [4.78, 5) is 13.7. The molecule has 0 fully saturated rings. The van der Waals surface area contributed by atoms with Gasteiger partial charge in [0.05, 0.1) is 22.7 Å². The van der Waals surface area contributed by atoms with Crippen LogP contribution in [0.4, 0.5) is 16.2 Å². The quantitative estimate of drug-likeness (QED) is 0.786. The number of carbonyl (C=O) groups is 1. The molecule has 1 heterocycles. The molecule has 1 N–H and O–H groups in total. The maximum atomic E-state index is 12.5. The fourth-order valence-corrected chi connectivity index (χ4v) is 4.00. The van der Waals surface area contributed by atoms with Crippen LogP contribution in [-0.2, 0) is 27.5 Å². The molecule has 0 radical (unpaired) electrons. The molecule has 0 aromatic heterocycles. The highest BCUT2D eigenvalue weighted by Crippen LogP contribution is 2.40. The number of aryl methyl sites for hydroxylation is 1. The van der Waals surface area contributed by atoms with Gasteiger partial charge in [0.1, 0.15) is 5.60 Å². The highest BCUT2D eigenvalue weighted by Gasteiger charge is 2.37. The first kappa shape index (κ1) is 18.6. The lowest BCUT2D eigenvalue weighted by Gasteiger charge is -2.38. The van der Waals surface area contributed by atoms with Gasteiger partial charge >= 0.3 is 6.09 Å². The van der Waals surface area contributed by atoms with Crippen molar-refractivity contribution in [3.63, 3.8) is 0 Å². The molecule has 2 aromatic rings. The number of hydrogen-bond acceptors (Lipinski definition) is 4.